The molecule has 0 heterocycles. The van der Waals surface area contributed by atoms with Gasteiger partial charge in [0.2, 0.25) is 0 Å². The summed E-state index contributed by atoms with van der Waals surface area (Å²) in [6.45, 7) is 0. The lowest BCUT2D eigenvalue weighted by atomic mass is 10.1. The van der Waals surface area contributed by atoms with Gasteiger partial charge in [0.25, 0.3) is 11.8 Å². The lowest BCUT2D eigenvalue weighted by Crippen LogP contribution is -2.22. The molecule has 3 N–H and O–H groups in total. The van der Waals surface area contributed by atoms with Crippen molar-refractivity contribution in [2.45, 2.75) is 6.18 Å². The maximum Gasteiger partial charge on any atom is 0.417 e. The Bertz CT molecular complexity index is 869. The minimum Gasteiger partial charge on any atom is -0.288 e. The second-order valence-corrected chi connectivity index (χ2v) is 5.33. The van der Waals surface area contributed by atoms with Crippen LogP contribution in [0.1, 0.15) is 31.8 Å². The molecule has 0 aliphatic heterocycles. The number of alkyl halides is 3. The normalized spacial score (nSPS) is 11.4. The quantitative estimate of drug-likeness (QED) is 0.428. The number of amides is 2. The molecule has 2 rings (SSSR count). The SMILES string of the molecule is O=C(NO)c1ccc(C=NNC(=O)c2ccccc2C(F)(F)F)cc1Cl. The Morgan fingerprint density at radius 3 is 2.38 bits per heavy atom. The van der Waals surface area contributed by atoms with E-state index in [4.69, 9.17) is 16.8 Å². The van der Waals surface area contributed by atoms with Crippen LogP contribution in [0.5, 0.6) is 0 Å². The first-order valence-electron chi connectivity index (χ1n) is 6.97. The van der Waals surface area contributed by atoms with Gasteiger partial charge in [0.15, 0.2) is 0 Å². The molecule has 2 aromatic carbocycles. The molecule has 0 aliphatic rings. The minimum atomic E-state index is -4.67. The number of carbonyl (C=O) groups excluding carboxylic acids is 2. The number of benzene rings is 2. The fourth-order valence-electron chi connectivity index (χ4n) is 2.01. The van der Waals surface area contributed by atoms with Crippen molar-refractivity contribution < 1.29 is 28.0 Å². The van der Waals surface area contributed by atoms with Gasteiger partial charge in [-0.25, -0.2) is 10.9 Å². The second-order valence-electron chi connectivity index (χ2n) is 4.92. The number of hydrogen-bond acceptors (Lipinski definition) is 4. The number of nitrogens with one attached hydrogen (secondary N) is 2. The highest BCUT2D eigenvalue weighted by molar-refractivity contribution is 6.34. The predicted molar refractivity (Wildman–Crippen MR) is 87.2 cm³/mol. The molecule has 0 unspecified atom stereocenters. The van der Waals surface area contributed by atoms with Crippen molar-refractivity contribution >= 4 is 29.6 Å². The highest BCUT2D eigenvalue weighted by Gasteiger charge is 2.34. The molecule has 0 radical (unpaired) electrons. The van der Waals surface area contributed by atoms with Crippen LogP contribution in [0.2, 0.25) is 5.02 Å². The number of hydrogen-bond donors (Lipinski definition) is 3. The molecule has 136 valence electrons. The van der Waals surface area contributed by atoms with Crippen LogP contribution in [0.4, 0.5) is 13.2 Å². The Hall–Kier alpha value is -2.91. The summed E-state index contributed by atoms with van der Waals surface area (Å²) in [6, 6.07) is 8.35. The number of hydroxylamine groups is 1. The fraction of sp³-hybridized carbons (Fsp3) is 0.0625. The smallest absolute Gasteiger partial charge is 0.288 e. The molecule has 0 saturated carbocycles. The summed E-state index contributed by atoms with van der Waals surface area (Å²) in [5.41, 5.74) is 2.16. The molecule has 0 aliphatic carbocycles. The lowest BCUT2D eigenvalue weighted by Gasteiger charge is -2.10. The molecule has 2 amide bonds. The third-order valence-corrected chi connectivity index (χ3v) is 3.51. The average Bonchev–Trinajstić information content (AvgIpc) is 2.60. The van der Waals surface area contributed by atoms with Crippen molar-refractivity contribution in [1.29, 1.82) is 0 Å². The zero-order valence-electron chi connectivity index (χ0n) is 12.8. The van der Waals surface area contributed by atoms with Crippen LogP contribution < -0.4 is 10.9 Å². The Kier molecular flexibility index (Phi) is 5.96. The molecular weight excluding hydrogens is 375 g/mol. The van der Waals surface area contributed by atoms with E-state index in [2.05, 4.69) is 5.10 Å². The number of halogens is 4. The van der Waals surface area contributed by atoms with Crippen LogP contribution in [0.15, 0.2) is 47.6 Å². The third-order valence-electron chi connectivity index (χ3n) is 3.20. The summed E-state index contributed by atoms with van der Waals surface area (Å²) in [5.74, 6) is -1.84. The van der Waals surface area contributed by atoms with Gasteiger partial charge in [-0.1, -0.05) is 29.8 Å². The van der Waals surface area contributed by atoms with Crippen LogP contribution >= 0.6 is 11.6 Å². The van der Waals surface area contributed by atoms with E-state index in [1.807, 2.05) is 5.43 Å². The number of carbonyl (C=O) groups is 2. The van der Waals surface area contributed by atoms with Gasteiger partial charge in [0.05, 0.1) is 27.9 Å². The molecule has 6 nitrogen and oxygen atoms in total. The van der Waals surface area contributed by atoms with E-state index in [1.54, 1.807) is 0 Å². The summed E-state index contributed by atoms with van der Waals surface area (Å²) in [4.78, 5) is 23.2. The van der Waals surface area contributed by atoms with E-state index in [1.165, 1.54) is 35.8 Å². The van der Waals surface area contributed by atoms with E-state index < -0.39 is 29.1 Å². The monoisotopic (exact) mass is 385 g/mol. The summed E-state index contributed by atoms with van der Waals surface area (Å²) in [7, 11) is 0. The van der Waals surface area contributed by atoms with Crippen molar-refractivity contribution in [3.05, 3.63) is 69.7 Å². The van der Waals surface area contributed by atoms with E-state index in [-0.39, 0.29) is 10.6 Å². The number of rotatable bonds is 4. The summed E-state index contributed by atoms with van der Waals surface area (Å²) >= 11 is 5.87. The molecule has 0 fully saturated rings. The molecular formula is C16H11ClF3N3O3. The molecule has 0 saturated heterocycles. The highest BCUT2D eigenvalue weighted by atomic mass is 35.5. The largest absolute Gasteiger partial charge is 0.417 e. The van der Waals surface area contributed by atoms with Crippen molar-refractivity contribution in [1.82, 2.24) is 10.9 Å². The van der Waals surface area contributed by atoms with Gasteiger partial charge in [-0.15, -0.1) is 0 Å². The van der Waals surface area contributed by atoms with Gasteiger partial charge in [-0.05, 0) is 29.8 Å². The Balaban J connectivity index is 2.13. The highest BCUT2D eigenvalue weighted by Crippen LogP contribution is 2.31. The second kappa shape index (κ2) is 7.98. The van der Waals surface area contributed by atoms with Crippen LogP contribution in [-0.2, 0) is 6.18 Å². The predicted octanol–water partition coefficient (Wildman–Crippen LogP) is 3.24. The van der Waals surface area contributed by atoms with E-state index in [0.29, 0.717) is 5.56 Å². The van der Waals surface area contributed by atoms with Gasteiger partial charge >= 0.3 is 6.18 Å². The first kappa shape index (κ1) is 19.4. The maximum absolute atomic E-state index is 12.9. The number of nitrogens with zero attached hydrogens (tertiary/aromatic N) is 1. The first-order valence-corrected chi connectivity index (χ1v) is 7.35. The minimum absolute atomic E-state index is 0.00856. The third kappa shape index (κ3) is 4.58. The van der Waals surface area contributed by atoms with E-state index in [9.17, 15) is 22.8 Å². The maximum atomic E-state index is 12.9. The Morgan fingerprint density at radius 1 is 1.08 bits per heavy atom. The lowest BCUT2D eigenvalue weighted by molar-refractivity contribution is -0.137. The Labute approximate surface area is 150 Å². The molecule has 0 atom stereocenters. The summed E-state index contributed by atoms with van der Waals surface area (Å²) in [6.07, 6.45) is -3.53. The average molecular weight is 386 g/mol. The first-order chi connectivity index (χ1) is 12.2. The zero-order chi connectivity index (χ0) is 19.3. The fourth-order valence-corrected chi connectivity index (χ4v) is 2.28. The summed E-state index contributed by atoms with van der Waals surface area (Å²) < 4.78 is 38.7. The van der Waals surface area contributed by atoms with Gasteiger partial charge < -0.3 is 0 Å². The van der Waals surface area contributed by atoms with Crippen LogP contribution in [-0.4, -0.2) is 23.2 Å². The van der Waals surface area contributed by atoms with Gasteiger partial charge in [0, 0.05) is 0 Å². The van der Waals surface area contributed by atoms with Crippen molar-refractivity contribution in [3.8, 4) is 0 Å². The molecule has 0 spiro atoms. The molecule has 0 aromatic heterocycles. The van der Waals surface area contributed by atoms with Crippen molar-refractivity contribution in [2.75, 3.05) is 0 Å². The Morgan fingerprint density at radius 2 is 1.77 bits per heavy atom. The molecule has 26 heavy (non-hydrogen) atoms. The van der Waals surface area contributed by atoms with Gasteiger partial charge in [0.1, 0.15) is 0 Å². The van der Waals surface area contributed by atoms with Crippen LogP contribution in [0.25, 0.3) is 0 Å². The van der Waals surface area contributed by atoms with Gasteiger partial charge in [-0.2, -0.15) is 18.3 Å². The van der Waals surface area contributed by atoms with E-state index >= 15 is 0 Å². The molecule has 0 bridgehead atoms. The topological polar surface area (TPSA) is 90.8 Å². The van der Waals surface area contributed by atoms with Gasteiger partial charge in [-0.3, -0.25) is 14.8 Å². The van der Waals surface area contributed by atoms with Crippen molar-refractivity contribution in [2.24, 2.45) is 5.10 Å². The van der Waals surface area contributed by atoms with Crippen molar-refractivity contribution in [3.63, 3.8) is 0 Å². The van der Waals surface area contributed by atoms with Crippen LogP contribution in [0, 0.1) is 0 Å². The molecule has 10 heteroatoms. The van der Waals surface area contributed by atoms with E-state index in [0.717, 1.165) is 18.3 Å². The zero-order valence-corrected chi connectivity index (χ0v) is 13.6. The summed E-state index contributed by atoms with van der Waals surface area (Å²) in [5, 5.41) is 12.1. The molecule has 2 aromatic rings. The number of hydrazone groups is 1. The van der Waals surface area contributed by atoms with Crippen LogP contribution in [0.3, 0.4) is 0 Å². The standard InChI is InChI=1S/C16H11ClF3N3O3/c17-13-7-9(5-6-11(13)15(25)23-26)8-21-22-14(24)10-3-1-2-4-12(10)16(18,19)20/h1-8,26H,(H,22,24)(H,23,25).